The molecule has 5 rings (SSSR count). The highest BCUT2D eigenvalue weighted by Crippen LogP contribution is 2.34. The first kappa shape index (κ1) is 27.4. The molecule has 4 aromatic rings. The highest BCUT2D eigenvalue weighted by Gasteiger charge is 2.34. The molecule has 208 valence electrons. The summed E-state index contributed by atoms with van der Waals surface area (Å²) in [6.45, 7) is 4.95. The monoisotopic (exact) mass is 574 g/mol. The Labute approximate surface area is 235 Å². The second-order valence-electron chi connectivity index (χ2n) is 9.08. The van der Waals surface area contributed by atoms with Crippen molar-refractivity contribution >= 4 is 34.8 Å². The van der Waals surface area contributed by atoms with Crippen LogP contribution in [0.2, 0.25) is 0 Å². The van der Waals surface area contributed by atoms with Crippen molar-refractivity contribution in [2.45, 2.75) is 26.8 Å². The number of rotatable bonds is 7. The Balaban J connectivity index is 1.67. The zero-order valence-corrected chi connectivity index (χ0v) is 22.8. The Morgan fingerprint density at radius 3 is 2.54 bits per heavy atom. The van der Waals surface area contributed by atoms with Crippen molar-refractivity contribution < 1.29 is 23.8 Å². The molecule has 2 aromatic heterocycles. The summed E-state index contributed by atoms with van der Waals surface area (Å²) in [7, 11) is 0. The van der Waals surface area contributed by atoms with Gasteiger partial charge in [-0.15, -0.1) is 0 Å². The zero-order chi connectivity index (χ0) is 29.4. The minimum atomic E-state index is -1.02. The lowest BCUT2D eigenvalue weighted by molar-refractivity contribution is -0.385. The predicted molar refractivity (Wildman–Crippen MR) is 149 cm³/mol. The Kier molecular flexibility index (Phi) is 7.20. The Bertz CT molecular complexity index is 1950. The number of ether oxygens (including phenoxy) is 1. The van der Waals surface area contributed by atoms with Crippen LogP contribution >= 0.6 is 11.3 Å². The molecule has 0 aliphatic carbocycles. The first-order chi connectivity index (χ1) is 19.6. The SMILES string of the molecule is CCOC(=O)C1=C(C)N=c2sc(=Cc3ccc(-c4ccccc4[N+](=O)[O-])o3)c(=O)n2C1c1ccc(C)c([N+](=O)[O-])c1. The predicted octanol–water partition coefficient (Wildman–Crippen LogP) is 4.18. The van der Waals surface area contributed by atoms with Crippen LogP contribution in [-0.4, -0.2) is 27.0 Å². The fourth-order valence-electron chi connectivity index (χ4n) is 4.65. The highest BCUT2D eigenvalue weighted by atomic mass is 32.1. The van der Waals surface area contributed by atoms with Gasteiger partial charge in [0.05, 0.1) is 43.9 Å². The van der Waals surface area contributed by atoms with E-state index in [1.165, 1.54) is 22.8 Å². The highest BCUT2D eigenvalue weighted by molar-refractivity contribution is 7.07. The van der Waals surface area contributed by atoms with Gasteiger partial charge < -0.3 is 9.15 Å². The van der Waals surface area contributed by atoms with E-state index in [9.17, 15) is 29.8 Å². The molecule has 0 N–H and O–H groups in total. The molecule has 0 radical (unpaired) electrons. The third kappa shape index (κ3) is 4.98. The molecule has 2 aromatic carbocycles. The van der Waals surface area contributed by atoms with Crippen molar-refractivity contribution in [1.29, 1.82) is 0 Å². The molecule has 0 amide bonds. The van der Waals surface area contributed by atoms with Gasteiger partial charge in [0.15, 0.2) is 4.80 Å². The molecular weight excluding hydrogens is 552 g/mol. The first-order valence-electron chi connectivity index (χ1n) is 12.4. The number of carbonyl (C=O) groups excluding carboxylic acids is 1. The molecule has 1 aliphatic heterocycles. The number of nitro groups is 2. The lowest BCUT2D eigenvalue weighted by Gasteiger charge is -2.24. The molecule has 1 aliphatic rings. The molecule has 13 heteroatoms. The number of hydrogen-bond donors (Lipinski definition) is 0. The van der Waals surface area contributed by atoms with E-state index in [0.717, 1.165) is 11.3 Å². The van der Waals surface area contributed by atoms with Crippen molar-refractivity contribution in [3.05, 3.63) is 123 Å². The Morgan fingerprint density at radius 1 is 1.10 bits per heavy atom. The number of fused-ring (bicyclic) bond motifs is 1. The third-order valence-electron chi connectivity index (χ3n) is 6.53. The minimum absolute atomic E-state index is 0.0845. The molecule has 0 spiro atoms. The lowest BCUT2D eigenvalue weighted by Crippen LogP contribution is -2.40. The number of carbonyl (C=O) groups is 1. The van der Waals surface area contributed by atoms with Crippen LogP contribution in [0.5, 0.6) is 0 Å². The number of hydrogen-bond acceptors (Lipinski definition) is 10. The van der Waals surface area contributed by atoms with Gasteiger partial charge in [0.2, 0.25) is 0 Å². The number of nitrogens with zero attached hydrogens (tertiary/aromatic N) is 4. The van der Waals surface area contributed by atoms with Gasteiger partial charge in [-0.1, -0.05) is 35.6 Å². The van der Waals surface area contributed by atoms with Crippen LogP contribution in [0.15, 0.2) is 80.1 Å². The van der Waals surface area contributed by atoms with Crippen molar-refractivity contribution in [1.82, 2.24) is 4.57 Å². The second-order valence-corrected chi connectivity index (χ2v) is 10.1. The summed E-state index contributed by atoms with van der Waals surface area (Å²) >= 11 is 1.05. The van der Waals surface area contributed by atoms with Crippen LogP contribution in [0.4, 0.5) is 11.4 Å². The molecule has 3 heterocycles. The Hall–Kier alpha value is -5.17. The normalized spacial score (nSPS) is 14.9. The molecule has 0 saturated heterocycles. The second kappa shape index (κ2) is 10.8. The fraction of sp³-hybridized carbons (Fsp3) is 0.179. The summed E-state index contributed by atoms with van der Waals surface area (Å²) in [6, 6.07) is 12.8. The van der Waals surface area contributed by atoms with E-state index >= 15 is 0 Å². The summed E-state index contributed by atoms with van der Waals surface area (Å²) in [6.07, 6.45) is 1.49. The minimum Gasteiger partial charge on any atom is -0.463 e. The average Bonchev–Trinajstić information content (AvgIpc) is 3.52. The lowest BCUT2D eigenvalue weighted by atomic mass is 9.94. The van der Waals surface area contributed by atoms with Gasteiger partial charge in [-0.3, -0.25) is 29.6 Å². The summed E-state index contributed by atoms with van der Waals surface area (Å²) in [5.74, 6) is -0.162. The number of benzene rings is 2. The standard InChI is InChI=1S/C28H22N4O8S/c1-4-39-27(34)24-16(3)29-28-30(25(24)17-10-9-15(2)21(13-17)32(37)38)26(33)23(41-28)14-18-11-12-22(40-18)19-7-5-6-8-20(19)31(35)36/h5-14,25H,4H2,1-3H3. The molecular formula is C28H22N4O8S. The molecule has 12 nitrogen and oxygen atoms in total. The van der Waals surface area contributed by atoms with Gasteiger partial charge in [-0.2, -0.15) is 0 Å². The van der Waals surface area contributed by atoms with Gasteiger partial charge in [0, 0.05) is 23.8 Å². The number of allylic oxidation sites excluding steroid dienone is 1. The van der Waals surface area contributed by atoms with Crippen LogP contribution in [0.3, 0.4) is 0 Å². The number of aryl methyl sites for hydroxylation is 1. The summed E-state index contributed by atoms with van der Waals surface area (Å²) in [4.78, 5) is 53.7. The number of esters is 1. The van der Waals surface area contributed by atoms with E-state index in [2.05, 4.69) is 4.99 Å². The molecule has 0 bridgehead atoms. The van der Waals surface area contributed by atoms with E-state index in [1.54, 1.807) is 63.2 Å². The number of nitro benzene ring substituents is 2. The molecule has 1 unspecified atom stereocenters. The maximum Gasteiger partial charge on any atom is 0.338 e. The van der Waals surface area contributed by atoms with Gasteiger partial charge >= 0.3 is 5.97 Å². The van der Waals surface area contributed by atoms with Gasteiger partial charge in [0.1, 0.15) is 11.5 Å². The van der Waals surface area contributed by atoms with Crippen molar-refractivity contribution in [2.75, 3.05) is 6.61 Å². The fourth-order valence-corrected chi connectivity index (χ4v) is 5.67. The van der Waals surface area contributed by atoms with Gasteiger partial charge in [-0.05, 0) is 44.5 Å². The summed E-state index contributed by atoms with van der Waals surface area (Å²) in [5, 5.41) is 23.1. The topological polar surface area (TPSA) is 160 Å². The van der Waals surface area contributed by atoms with E-state index in [1.807, 2.05) is 0 Å². The van der Waals surface area contributed by atoms with Crippen LogP contribution < -0.4 is 14.9 Å². The van der Waals surface area contributed by atoms with Crippen LogP contribution in [0.1, 0.15) is 36.8 Å². The quantitative estimate of drug-likeness (QED) is 0.180. The maximum absolute atomic E-state index is 13.8. The molecule has 0 saturated carbocycles. The zero-order valence-electron chi connectivity index (χ0n) is 22.0. The summed E-state index contributed by atoms with van der Waals surface area (Å²) in [5.41, 5.74) is 0.708. The smallest absolute Gasteiger partial charge is 0.338 e. The van der Waals surface area contributed by atoms with E-state index in [4.69, 9.17) is 9.15 Å². The van der Waals surface area contributed by atoms with E-state index < -0.39 is 27.4 Å². The van der Waals surface area contributed by atoms with Crippen molar-refractivity contribution in [3.8, 4) is 11.3 Å². The number of aromatic nitrogens is 1. The molecule has 0 fully saturated rings. The van der Waals surface area contributed by atoms with E-state index in [-0.39, 0.29) is 50.0 Å². The number of para-hydroxylation sites is 1. The Morgan fingerprint density at radius 2 is 1.83 bits per heavy atom. The van der Waals surface area contributed by atoms with E-state index in [0.29, 0.717) is 16.8 Å². The number of furan rings is 1. The molecule has 1 atom stereocenters. The third-order valence-corrected chi connectivity index (χ3v) is 7.51. The van der Waals surface area contributed by atoms with Gasteiger partial charge in [-0.25, -0.2) is 9.79 Å². The largest absolute Gasteiger partial charge is 0.463 e. The first-order valence-corrected chi connectivity index (χ1v) is 13.2. The maximum atomic E-state index is 13.8. The van der Waals surface area contributed by atoms with Crippen LogP contribution in [-0.2, 0) is 9.53 Å². The van der Waals surface area contributed by atoms with Gasteiger partial charge in [0.25, 0.3) is 16.9 Å². The van der Waals surface area contributed by atoms with Crippen LogP contribution in [0, 0.1) is 27.2 Å². The van der Waals surface area contributed by atoms with Crippen molar-refractivity contribution in [3.63, 3.8) is 0 Å². The van der Waals surface area contributed by atoms with Crippen LogP contribution in [0.25, 0.3) is 17.4 Å². The summed E-state index contributed by atoms with van der Waals surface area (Å²) < 4.78 is 12.6. The average molecular weight is 575 g/mol. The number of thiazole rings is 1. The van der Waals surface area contributed by atoms with Crippen molar-refractivity contribution in [2.24, 2.45) is 4.99 Å². The molecule has 41 heavy (non-hydrogen) atoms.